The number of methoxy groups -OCH3 is 2. The Balaban J connectivity index is 1.67. The van der Waals surface area contributed by atoms with Crippen molar-refractivity contribution in [3.8, 4) is 17.6 Å². The molecule has 0 saturated carbocycles. The average Bonchev–Trinajstić information content (AvgIpc) is 2.79. The number of carbonyl (C=O) groups is 1. The summed E-state index contributed by atoms with van der Waals surface area (Å²) in [6.45, 7) is 2.42. The molecule has 6 heteroatoms. The Morgan fingerprint density at radius 2 is 1.93 bits per heavy atom. The van der Waals surface area contributed by atoms with Gasteiger partial charge in [-0.1, -0.05) is 18.2 Å². The van der Waals surface area contributed by atoms with Crippen molar-refractivity contribution in [2.24, 2.45) is 0 Å². The highest BCUT2D eigenvalue weighted by molar-refractivity contribution is 5.91. The smallest absolute Gasteiger partial charge is 0.243 e. The number of carbonyl (C=O) groups excluding carboxylic acids is 1. The van der Waals surface area contributed by atoms with Crippen molar-refractivity contribution in [2.75, 3.05) is 40.9 Å². The van der Waals surface area contributed by atoms with Crippen molar-refractivity contribution < 1.29 is 14.3 Å². The van der Waals surface area contributed by atoms with Crippen molar-refractivity contribution in [1.82, 2.24) is 10.2 Å². The van der Waals surface area contributed by atoms with Crippen LogP contribution in [0.1, 0.15) is 23.1 Å². The molecule has 0 saturated heterocycles. The van der Waals surface area contributed by atoms with E-state index in [1.807, 2.05) is 24.3 Å². The lowest BCUT2D eigenvalue weighted by molar-refractivity contribution is -0.116. The van der Waals surface area contributed by atoms with Crippen molar-refractivity contribution in [3.05, 3.63) is 65.2 Å². The number of amides is 1. The van der Waals surface area contributed by atoms with E-state index in [1.54, 1.807) is 38.5 Å². The SMILES string of the molecule is COc1ccc(CCN(C)CCCNC(=O)C=Cc2cccc(C#N)c2)cc1OC. The van der Waals surface area contributed by atoms with Gasteiger partial charge in [0.1, 0.15) is 0 Å². The van der Waals surface area contributed by atoms with Crippen LogP contribution in [0.3, 0.4) is 0 Å². The Morgan fingerprint density at radius 1 is 1.13 bits per heavy atom. The minimum atomic E-state index is -0.134. The molecular formula is C24H29N3O3. The zero-order valence-electron chi connectivity index (χ0n) is 17.9. The molecule has 0 fully saturated rings. The molecule has 158 valence electrons. The Labute approximate surface area is 178 Å². The fraction of sp³-hybridized carbons (Fsp3) is 0.333. The molecule has 1 N–H and O–H groups in total. The number of hydrogen-bond acceptors (Lipinski definition) is 5. The van der Waals surface area contributed by atoms with E-state index in [1.165, 1.54) is 11.6 Å². The van der Waals surface area contributed by atoms with Crippen LogP contribution in [0.2, 0.25) is 0 Å². The quantitative estimate of drug-likeness (QED) is 0.457. The number of rotatable bonds is 11. The van der Waals surface area contributed by atoms with E-state index in [0.29, 0.717) is 12.1 Å². The molecule has 0 bridgehead atoms. The molecule has 0 aromatic heterocycles. The number of likely N-dealkylation sites (N-methyl/N-ethyl adjacent to an activating group) is 1. The van der Waals surface area contributed by atoms with Crippen LogP contribution >= 0.6 is 0 Å². The van der Waals surface area contributed by atoms with E-state index in [0.717, 1.165) is 43.0 Å². The number of hydrogen-bond donors (Lipinski definition) is 1. The Morgan fingerprint density at radius 3 is 2.67 bits per heavy atom. The first-order chi connectivity index (χ1) is 14.5. The summed E-state index contributed by atoms with van der Waals surface area (Å²) in [7, 11) is 5.34. The zero-order valence-corrected chi connectivity index (χ0v) is 17.9. The number of benzene rings is 2. The minimum absolute atomic E-state index is 0.134. The van der Waals surface area contributed by atoms with Crippen LogP contribution in [0.5, 0.6) is 11.5 Å². The summed E-state index contributed by atoms with van der Waals surface area (Å²) < 4.78 is 10.6. The third-order valence-corrected chi connectivity index (χ3v) is 4.69. The number of nitrogens with zero attached hydrogens (tertiary/aromatic N) is 2. The molecule has 0 aliphatic heterocycles. The van der Waals surface area contributed by atoms with Crippen LogP contribution in [0, 0.1) is 11.3 Å². The zero-order chi connectivity index (χ0) is 21.8. The second kappa shape index (κ2) is 12.3. The maximum Gasteiger partial charge on any atom is 0.243 e. The number of nitrogens with one attached hydrogen (secondary N) is 1. The maximum absolute atomic E-state index is 11.9. The van der Waals surface area contributed by atoms with E-state index in [2.05, 4.69) is 23.3 Å². The molecular weight excluding hydrogens is 378 g/mol. The molecule has 0 aliphatic carbocycles. The summed E-state index contributed by atoms with van der Waals surface area (Å²) in [5.41, 5.74) is 2.60. The summed E-state index contributed by atoms with van der Waals surface area (Å²) in [6, 6.07) is 15.2. The Hall–Kier alpha value is -3.30. The third-order valence-electron chi connectivity index (χ3n) is 4.69. The Kier molecular flexibility index (Phi) is 9.43. The molecule has 0 aliphatic rings. The first kappa shape index (κ1) is 23.0. The number of nitriles is 1. The normalized spacial score (nSPS) is 10.8. The standard InChI is InChI=1S/C24H29N3O3/c1-27(15-12-20-8-10-22(29-2)23(17-20)30-3)14-5-13-26-24(28)11-9-19-6-4-7-21(16-19)18-25/h4,6-11,16-17H,5,12-15H2,1-3H3,(H,26,28). The van der Waals surface area contributed by atoms with Crippen molar-refractivity contribution in [1.29, 1.82) is 5.26 Å². The van der Waals surface area contributed by atoms with Gasteiger partial charge in [0.2, 0.25) is 5.91 Å². The summed E-state index contributed by atoms with van der Waals surface area (Å²) >= 11 is 0. The molecule has 6 nitrogen and oxygen atoms in total. The molecule has 0 heterocycles. The Bertz CT molecular complexity index is 903. The summed E-state index contributed by atoms with van der Waals surface area (Å²) in [5, 5.41) is 11.8. The van der Waals surface area contributed by atoms with Crippen LogP contribution < -0.4 is 14.8 Å². The van der Waals surface area contributed by atoms with Gasteiger partial charge in [-0.25, -0.2) is 0 Å². The van der Waals surface area contributed by atoms with Crippen LogP contribution in [0.4, 0.5) is 0 Å². The first-order valence-electron chi connectivity index (χ1n) is 9.91. The summed E-state index contributed by atoms with van der Waals surface area (Å²) in [5.74, 6) is 1.34. The van der Waals surface area contributed by atoms with Gasteiger partial charge in [0.15, 0.2) is 11.5 Å². The molecule has 0 unspecified atom stereocenters. The predicted octanol–water partition coefficient (Wildman–Crippen LogP) is 3.27. The number of ether oxygens (including phenoxy) is 2. The van der Waals surface area contributed by atoms with Gasteiger partial charge >= 0.3 is 0 Å². The largest absolute Gasteiger partial charge is 0.493 e. The van der Waals surface area contributed by atoms with Gasteiger partial charge in [0, 0.05) is 19.2 Å². The lowest BCUT2D eigenvalue weighted by Gasteiger charge is -2.17. The average molecular weight is 408 g/mol. The van der Waals surface area contributed by atoms with Gasteiger partial charge in [-0.05, 0) is 67.9 Å². The van der Waals surface area contributed by atoms with Crippen molar-refractivity contribution in [2.45, 2.75) is 12.8 Å². The van der Waals surface area contributed by atoms with Gasteiger partial charge in [-0.15, -0.1) is 0 Å². The highest BCUT2D eigenvalue weighted by Gasteiger charge is 2.06. The van der Waals surface area contributed by atoms with E-state index in [4.69, 9.17) is 14.7 Å². The van der Waals surface area contributed by atoms with Crippen molar-refractivity contribution >= 4 is 12.0 Å². The topological polar surface area (TPSA) is 74.6 Å². The van der Waals surface area contributed by atoms with Crippen LogP contribution in [-0.4, -0.2) is 51.7 Å². The van der Waals surface area contributed by atoms with Gasteiger partial charge in [0.05, 0.1) is 25.9 Å². The third kappa shape index (κ3) is 7.61. The molecule has 1 amide bonds. The van der Waals surface area contributed by atoms with Gasteiger partial charge in [0.25, 0.3) is 0 Å². The van der Waals surface area contributed by atoms with E-state index in [9.17, 15) is 4.79 Å². The maximum atomic E-state index is 11.9. The fourth-order valence-electron chi connectivity index (χ4n) is 2.97. The van der Waals surface area contributed by atoms with E-state index >= 15 is 0 Å². The summed E-state index contributed by atoms with van der Waals surface area (Å²) in [4.78, 5) is 14.2. The molecule has 0 atom stereocenters. The fourth-order valence-corrected chi connectivity index (χ4v) is 2.97. The molecule has 2 aromatic rings. The molecule has 0 spiro atoms. The molecule has 30 heavy (non-hydrogen) atoms. The highest BCUT2D eigenvalue weighted by atomic mass is 16.5. The van der Waals surface area contributed by atoms with Gasteiger partial charge in [-0.3, -0.25) is 4.79 Å². The van der Waals surface area contributed by atoms with E-state index < -0.39 is 0 Å². The van der Waals surface area contributed by atoms with E-state index in [-0.39, 0.29) is 5.91 Å². The van der Waals surface area contributed by atoms with Crippen LogP contribution in [-0.2, 0) is 11.2 Å². The van der Waals surface area contributed by atoms with Crippen molar-refractivity contribution in [3.63, 3.8) is 0 Å². The first-order valence-corrected chi connectivity index (χ1v) is 9.91. The monoisotopic (exact) mass is 407 g/mol. The van der Waals surface area contributed by atoms with Gasteiger partial charge in [-0.2, -0.15) is 5.26 Å². The lowest BCUT2D eigenvalue weighted by Crippen LogP contribution is -2.28. The highest BCUT2D eigenvalue weighted by Crippen LogP contribution is 2.27. The predicted molar refractivity (Wildman–Crippen MR) is 119 cm³/mol. The molecule has 2 rings (SSSR count). The van der Waals surface area contributed by atoms with Gasteiger partial charge < -0.3 is 19.7 Å². The van der Waals surface area contributed by atoms with Crippen LogP contribution in [0.25, 0.3) is 6.08 Å². The second-order valence-electron chi connectivity index (χ2n) is 6.96. The molecule has 2 aromatic carbocycles. The molecule has 0 radical (unpaired) electrons. The van der Waals surface area contributed by atoms with Crippen LogP contribution in [0.15, 0.2) is 48.5 Å². The minimum Gasteiger partial charge on any atom is -0.493 e. The summed E-state index contributed by atoms with van der Waals surface area (Å²) in [6.07, 6.45) is 4.99. The second-order valence-corrected chi connectivity index (χ2v) is 6.96. The lowest BCUT2D eigenvalue weighted by atomic mass is 10.1.